The number of nitrogens with zero attached hydrogens (tertiary/aromatic N) is 3. The molecule has 0 spiro atoms. The Bertz CT molecular complexity index is 1170. The lowest BCUT2D eigenvalue weighted by atomic mass is 9.96. The summed E-state index contributed by atoms with van der Waals surface area (Å²) in [6.07, 6.45) is -1.30. The summed E-state index contributed by atoms with van der Waals surface area (Å²) in [5, 5.41) is 23.9. The maximum absolute atomic E-state index is 13.3. The van der Waals surface area contributed by atoms with E-state index in [0.29, 0.717) is 11.3 Å². The lowest BCUT2D eigenvalue weighted by Crippen LogP contribution is -2.55. The first-order valence-electron chi connectivity index (χ1n) is 12.7. The van der Waals surface area contributed by atoms with Crippen molar-refractivity contribution in [3.05, 3.63) is 53.7 Å². The molecule has 12 heteroatoms. The summed E-state index contributed by atoms with van der Waals surface area (Å²) in [6, 6.07) is 11.2. The first kappa shape index (κ1) is 29.5. The van der Waals surface area contributed by atoms with Crippen LogP contribution in [0.25, 0.3) is 11.3 Å². The lowest BCUT2D eigenvalue weighted by molar-refractivity contribution is -0.157. The van der Waals surface area contributed by atoms with Crippen molar-refractivity contribution in [3.63, 3.8) is 0 Å². The fourth-order valence-corrected chi connectivity index (χ4v) is 3.98. The summed E-state index contributed by atoms with van der Waals surface area (Å²) in [6.45, 7) is 5.83. The van der Waals surface area contributed by atoms with Crippen molar-refractivity contribution in [2.24, 2.45) is 0 Å². The van der Waals surface area contributed by atoms with E-state index in [1.54, 1.807) is 26.8 Å². The number of hydrogen-bond acceptors (Lipinski definition) is 9. The van der Waals surface area contributed by atoms with Gasteiger partial charge < -0.3 is 30.0 Å². The van der Waals surface area contributed by atoms with Gasteiger partial charge in [0.2, 0.25) is 5.91 Å². The minimum Gasteiger partial charge on any atom is -0.481 e. The molecule has 0 aliphatic carbocycles. The van der Waals surface area contributed by atoms with Crippen LogP contribution in [0.1, 0.15) is 49.7 Å². The van der Waals surface area contributed by atoms with Gasteiger partial charge in [-0.25, -0.2) is 9.78 Å². The number of pyridine rings is 1. The predicted molar refractivity (Wildman–Crippen MR) is 139 cm³/mol. The number of ether oxygens (including phenoxy) is 1. The Morgan fingerprint density at radius 3 is 2.33 bits per heavy atom. The number of benzene rings is 1. The number of aliphatic hydroxyl groups is 1. The van der Waals surface area contributed by atoms with E-state index in [-0.39, 0.29) is 51.3 Å². The SMILES string of the molecule is CCOC(=O)ON1CCN(C(=O)[C@H](CCC(=O)O)NC(=O)c2cc(C(C)(C)O)cc(-c3ccccc3)n2)CC1. The molecule has 1 fully saturated rings. The number of hydrogen-bond donors (Lipinski definition) is 3. The predicted octanol–water partition coefficient (Wildman–Crippen LogP) is 2.17. The van der Waals surface area contributed by atoms with Gasteiger partial charge >= 0.3 is 12.1 Å². The Balaban J connectivity index is 1.78. The van der Waals surface area contributed by atoms with Crippen LogP contribution in [0.15, 0.2) is 42.5 Å². The number of carbonyl (C=O) groups excluding carboxylic acids is 3. The zero-order valence-electron chi connectivity index (χ0n) is 22.3. The van der Waals surface area contributed by atoms with Gasteiger partial charge in [0.05, 0.1) is 31.0 Å². The quantitative estimate of drug-likeness (QED) is 0.380. The van der Waals surface area contributed by atoms with Crippen molar-refractivity contribution in [3.8, 4) is 11.3 Å². The molecule has 1 aromatic heterocycles. The van der Waals surface area contributed by atoms with Crippen molar-refractivity contribution in [2.75, 3.05) is 32.8 Å². The number of carboxylic acids is 1. The normalized spacial score (nSPS) is 14.8. The number of hydroxylamine groups is 2. The molecule has 39 heavy (non-hydrogen) atoms. The summed E-state index contributed by atoms with van der Waals surface area (Å²) in [7, 11) is 0. The highest BCUT2D eigenvalue weighted by Crippen LogP contribution is 2.26. The number of aromatic nitrogens is 1. The summed E-state index contributed by atoms with van der Waals surface area (Å²) in [4.78, 5) is 60.5. The third kappa shape index (κ3) is 8.48. The molecule has 3 rings (SSSR count). The molecule has 0 saturated carbocycles. The van der Waals surface area contributed by atoms with Crippen LogP contribution in [0, 0.1) is 0 Å². The van der Waals surface area contributed by atoms with Gasteiger partial charge in [0.1, 0.15) is 11.7 Å². The van der Waals surface area contributed by atoms with Crippen LogP contribution in [-0.2, 0) is 24.8 Å². The van der Waals surface area contributed by atoms with E-state index in [9.17, 15) is 29.4 Å². The average Bonchev–Trinajstić information content (AvgIpc) is 2.90. The summed E-state index contributed by atoms with van der Waals surface area (Å²) >= 11 is 0. The number of aliphatic carboxylic acids is 1. The zero-order valence-corrected chi connectivity index (χ0v) is 22.3. The Kier molecular flexibility index (Phi) is 9.96. The minimum absolute atomic E-state index is 0.0192. The maximum Gasteiger partial charge on any atom is 0.527 e. The monoisotopic (exact) mass is 542 g/mol. The van der Waals surface area contributed by atoms with Gasteiger partial charge in [-0.15, -0.1) is 5.06 Å². The number of nitrogens with one attached hydrogen (secondary N) is 1. The van der Waals surface area contributed by atoms with E-state index in [1.165, 1.54) is 16.0 Å². The van der Waals surface area contributed by atoms with Crippen LogP contribution in [0.5, 0.6) is 0 Å². The van der Waals surface area contributed by atoms with Crippen molar-refractivity contribution >= 4 is 23.9 Å². The molecule has 1 atom stereocenters. The van der Waals surface area contributed by atoms with Gasteiger partial charge in [0.15, 0.2) is 0 Å². The van der Waals surface area contributed by atoms with E-state index in [2.05, 4.69) is 10.3 Å². The lowest BCUT2D eigenvalue weighted by Gasteiger charge is -2.35. The second-order valence-corrected chi connectivity index (χ2v) is 9.54. The Morgan fingerprint density at radius 2 is 1.74 bits per heavy atom. The van der Waals surface area contributed by atoms with Crippen LogP contribution >= 0.6 is 0 Å². The third-order valence-electron chi connectivity index (χ3n) is 6.10. The number of carbonyl (C=O) groups is 4. The number of carboxylic acid groups (broad SMARTS) is 1. The molecule has 1 aliphatic heterocycles. The first-order valence-corrected chi connectivity index (χ1v) is 12.7. The molecule has 2 aromatic rings. The molecule has 0 bridgehead atoms. The van der Waals surface area contributed by atoms with Crippen molar-refractivity contribution < 1.29 is 39.0 Å². The second-order valence-electron chi connectivity index (χ2n) is 9.54. The molecule has 2 amide bonds. The fraction of sp³-hybridized carbons (Fsp3) is 0.444. The van der Waals surface area contributed by atoms with E-state index in [4.69, 9.17) is 9.57 Å². The highest BCUT2D eigenvalue weighted by Gasteiger charge is 2.31. The van der Waals surface area contributed by atoms with Gasteiger partial charge in [-0.2, -0.15) is 0 Å². The molecule has 12 nitrogen and oxygen atoms in total. The Labute approximate surface area is 226 Å². The molecular weight excluding hydrogens is 508 g/mol. The molecule has 1 aromatic carbocycles. The summed E-state index contributed by atoms with van der Waals surface area (Å²) < 4.78 is 4.76. The third-order valence-corrected chi connectivity index (χ3v) is 6.10. The molecule has 3 N–H and O–H groups in total. The molecular formula is C27H34N4O8. The fourth-order valence-electron chi connectivity index (χ4n) is 3.98. The number of amides is 2. The minimum atomic E-state index is -1.27. The van der Waals surface area contributed by atoms with E-state index >= 15 is 0 Å². The standard InChI is InChI=1S/C27H34N4O8/c1-4-38-26(36)39-31-14-12-30(13-15-31)25(35)20(10-11-23(32)33)29-24(34)22-17-19(27(2,3)37)16-21(28-22)18-8-6-5-7-9-18/h5-9,16-17,20,37H,4,10-15H2,1-3H3,(H,29,34)(H,32,33)/t20-/m0/s1. The van der Waals surface area contributed by atoms with Gasteiger partial charge in [-0.05, 0) is 44.9 Å². The van der Waals surface area contributed by atoms with Crippen LogP contribution in [0.3, 0.4) is 0 Å². The molecule has 2 heterocycles. The molecule has 210 valence electrons. The van der Waals surface area contributed by atoms with E-state index in [1.807, 2.05) is 30.3 Å². The zero-order chi connectivity index (χ0) is 28.6. The van der Waals surface area contributed by atoms with Gasteiger partial charge in [0.25, 0.3) is 5.91 Å². The molecule has 1 saturated heterocycles. The van der Waals surface area contributed by atoms with E-state index < -0.39 is 35.6 Å². The van der Waals surface area contributed by atoms with Crippen LogP contribution in [-0.4, -0.2) is 87.9 Å². The van der Waals surface area contributed by atoms with Crippen molar-refractivity contribution in [2.45, 2.75) is 45.3 Å². The van der Waals surface area contributed by atoms with Gasteiger partial charge in [-0.1, -0.05) is 30.3 Å². The smallest absolute Gasteiger partial charge is 0.481 e. The Morgan fingerprint density at radius 1 is 1.08 bits per heavy atom. The van der Waals surface area contributed by atoms with Gasteiger partial charge in [-0.3, -0.25) is 14.4 Å². The van der Waals surface area contributed by atoms with Gasteiger partial charge in [0, 0.05) is 25.1 Å². The topological polar surface area (TPSA) is 159 Å². The molecule has 0 unspecified atom stereocenters. The first-order chi connectivity index (χ1) is 18.5. The average molecular weight is 543 g/mol. The van der Waals surface area contributed by atoms with E-state index in [0.717, 1.165) is 5.56 Å². The summed E-state index contributed by atoms with van der Waals surface area (Å²) in [5.41, 5.74) is 0.359. The van der Waals surface area contributed by atoms with Crippen molar-refractivity contribution in [1.82, 2.24) is 20.3 Å². The number of rotatable bonds is 10. The second kappa shape index (κ2) is 13.2. The molecule has 1 aliphatic rings. The van der Waals surface area contributed by atoms with Crippen LogP contribution in [0.4, 0.5) is 4.79 Å². The highest BCUT2D eigenvalue weighted by atomic mass is 16.8. The van der Waals surface area contributed by atoms with Crippen LogP contribution in [0.2, 0.25) is 0 Å². The number of piperazine rings is 1. The summed E-state index contributed by atoms with van der Waals surface area (Å²) in [5.74, 6) is -2.24. The maximum atomic E-state index is 13.3. The van der Waals surface area contributed by atoms with Crippen LogP contribution < -0.4 is 5.32 Å². The van der Waals surface area contributed by atoms with Crippen molar-refractivity contribution in [1.29, 1.82) is 0 Å². The largest absolute Gasteiger partial charge is 0.527 e. The highest BCUT2D eigenvalue weighted by molar-refractivity contribution is 5.97. The Hall–Kier alpha value is -4.03. The molecule has 0 radical (unpaired) electrons.